The standard InChI is InChI=1S/C12H19Cl2N3O3S/c13-6-1-3-9(7(14)5-6)21-10-4-2-8(17(18)19)11-12(10)16-20-15-11/h6-12,15-16H,1-5H2. The van der Waals surface area contributed by atoms with E-state index < -0.39 is 6.04 Å². The third-order valence-electron chi connectivity index (χ3n) is 4.61. The molecule has 0 aromatic rings. The van der Waals surface area contributed by atoms with Crippen LogP contribution in [-0.4, -0.2) is 44.3 Å². The van der Waals surface area contributed by atoms with Gasteiger partial charge in [-0.25, -0.2) is 4.94 Å². The van der Waals surface area contributed by atoms with Crippen LogP contribution in [0, 0.1) is 10.1 Å². The first-order valence-corrected chi connectivity index (χ1v) is 9.12. The van der Waals surface area contributed by atoms with Crippen molar-refractivity contribution in [2.75, 3.05) is 0 Å². The van der Waals surface area contributed by atoms with Crippen LogP contribution in [0.25, 0.3) is 0 Å². The summed E-state index contributed by atoms with van der Waals surface area (Å²) in [5.41, 5.74) is 5.66. The number of hydrogen-bond donors (Lipinski definition) is 2. The molecule has 7 unspecified atom stereocenters. The fourth-order valence-corrected chi connectivity index (χ4v) is 6.04. The van der Waals surface area contributed by atoms with Gasteiger partial charge in [-0.2, -0.15) is 22.7 Å². The SMILES string of the molecule is O=[N+]([O-])C1CCC(SC2CCC(Cl)CC2Cl)C2NONC21. The summed E-state index contributed by atoms with van der Waals surface area (Å²) in [7, 11) is 0. The number of halogens is 2. The first kappa shape index (κ1) is 16.1. The predicted molar refractivity (Wildman–Crippen MR) is 83.2 cm³/mol. The van der Waals surface area contributed by atoms with E-state index in [4.69, 9.17) is 28.1 Å². The lowest BCUT2D eigenvalue weighted by molar-refractivity contribution is -0.530. The predicted octanol–water partition coefficient (Wildman–Crippen LogP) is 2.07. The van der Waals surface area contributed by atoms with Gasteiger partial charge in [0.15, 0.2) is 0 Å². The van der Waals surface area contributed by atoms with Crippen molar-refractivity contribution in [2.45, 2.75) is 71.5 Å². The van der Waals surface area contributed by atoms with E-state index in [9.17, 15) is 10.1 Å². The molecular formula is C12H19Cl2N3O3S. The molecule has 1 aliphatic heterocycles. The lowest BCUT2D eigenvalue weighted by Gasteiger charge is -2.37. The van der Waals surface area contributed by atoms with E-state index in [-0.39, 0.29) is 33.0 Å². The van der Waals surface area contributed by atoms with Gasteiger partial charge in [0.05, 0.1) is 6.04 Å². The summed E-state index contributed by atoms with van der Waals surface area (Å²) >= 11 is 14.4. The molecule has 3 fully saturated rings. The Hall–Kier alpha value is 0.210. The van der Waals surface area contributed by atoms with Crippen molar-refractivity contribution in [1.82, 2.24) is 11.0 Å². The maximum absolute atomic E-state index is 11.1. The zero-order valence-corrected chi connectivity index (χ0v) is 13.7. The molecule has 0 spiro atoms. The van der Waals surface area contributed by atoms with Crippen LogP contribution in [0.15, 0.2) is 0 Å². The normalized spacial score (nSPS) is 47.0. The molecule has 3 aliphatic rings. The van der Waals surface area contributed by atoms with Gasteiger partial charge in [0.25, 0.3) is 0 Å². The van der Waals surface area contributed by atoms with Crippen molar-refractivity contribution in [3.8, 4) is 0 Å². The van der Waals surface area contributed by atoms with E-state index in [1.807, 2.05) is 11.8 Å². The Labute approximate surface area is 137 Å². The van der Waals surface area contributed by atoms with E-state index in [2.05, 4.69) is 11.0 Å². The largest absolute Gasteiger partial charge is 0.264 e. The molecular weight excluding hydrogens is 337 g/mol. The van der Waals surface area contributed by atoms with Crippen molar-refractivity contribution >= 4 is 35.0 Å². The number of alkyl halides is 2. The average Bonchev–Trinajstić information content (AvgIpc) is 2.91. The summed E-state index contributed by atoms with van der Waals surface area (Å²) in [6.45, 7) is 0. The lowest BCUT2D eigenvalue weighted by Crippen LogP contribution is -2.55. The maximum atomic E-state index is 11.1. The smallest absolute Gasteiger partial charge is 0.232 e. The topological polar surface area (TPSA) is 76.4 Å². The number of thioether (sulfide) groups is 1. The van der Waals surface area contributed by atoms with Crippen LogP contribution in [0.5, 0.6) is 0 Å². The number of rotatable bonds is 3. The quantitative estimate of drug-likeness (QED) is 0.458. The van der Waals surface area contributed by atoms with Crippen LogP contribution in [0.3, 0.4) is 0 Å². The zero-order valence-electron chi connectivity index (χ0n) is 11.4. The number of nitro groups is 1. The highest BCUT2D eigenvalue weighted by Gasteiger charge is 2.50. The van der Waals surface area contributed by atoms with Gasteiger partial charge >= 0.3 is 0 Å². The Morgan fingerprint density at radius 3 is 2.52 bits per heavy atom. The number of fused-ring (bicyclic) bond motifs is 1. The highest BCUT2D eigenvalue weighted by Crippen LogP contribution is 2.41. The number of nitrogens with one attached hydrogen (secondary N) is 2. The summed E-state index contributed by atoms with van der Waals surface area (Å²) in [4.78, 5) is 16.0. The molecule has 1 saturated heterocycles. The minimum absolute atomic E-state index is 0.0447. The Kier molecular flexibility index (Phi) is 5.18. The summed E-state index contributed by atoms with van der Waals surface area (Å²) in [5, 5.41) is 12.0. The summed E-state index contributed by atoms with van der Waals surface area (Å²) in [6, 6.07) is -0.909. The molecule has 9 heteroatoms. The van der Waals surface area contributed by atoms with Crippen molar-refractivity contribution in [1.29, 1.82) is 0 Å². The fraction of sp³-hybridized carbons (Fsp3) is 1.00. The van der Waals surface area contributed by atoms with Gasteiger partial charge < -0.3 is 0 Å². The van der Waals surface area contributed by atoms with Crippen LogP contribution in [0.4, 0.5) is 0 Å². The molecule has 0 bridgehead atoms. The summed E-state index contributed by atoms with van der Waals surface area (Å²) in [5.74, 6) is 0. The van der Waals surface area contributed by atoms with Gasteiger partial charge in [-0.15, -0.1) is 23.2 Å². The van der Waals surface area contributed by atoms with Crippen molar-refractivity contribution < 1.29 is 9.86 Å². The van der Waals surface area contributed by atoms with Gasteiger partial charge in [0.2, 0.25) is 6.04 Å². The van der Waals surface area contributed by atoms with E-state index in [1.54, 1.807) is 0 Å². The Morgan fingerprint density at radius 2 is 1.81 bits per heavy atom. The number of hydrogen-bond acceptors (Lipinski definition) is 6. The van der Waals surface area contributed by atoms with E-state index in [0.717, 1.165) is 25.7 Å². The maximum Gasteiger partial charge on any atom is 0.232 e. The second-order valence-corrected chi connectivity index (χ2v) is 8.62. The molecule has 21 heavy (non-hydrogen) atoms. The highest BCUT2D eigenvalue weighted by atomic mass is 35.5. The van der Waals surface area contributed by atoms with Gasteiger partial charge in [0, 0.05) is 32.6 Å². The molecule has 6 nitrogen and oxygen atoms in total. The Morgan fingerprint density at radius 1 is 1.10 bits per heavy atom. The first-order chi connectivity index (χ1) is 10.1. The minimum atomic E-state index is -0.591. The zero-order chi connectivity index (χ0) is 15.0. The van der Waals surface area contributed by atoms with Crippen LogP contribution in [-0.2, 0) is 4.94 Å². The molecule has 7 atom stereocenters. The molecule has 0 aromatic heterocycles. The van der Waals surface area contributed by atoms with Crippen LogP contribution < -0.4 is 11.0 Å². The van der Waals surface area contributed by atoms with Gasteiger partial charge in [-0.05, 0) is 25.7 Å². The number of hydroxylamine groups is 2. The van der Waals surface area contributed by atoms with E-state index in [1.165, 1.54) is 0 Å². The van der Waals surface area contributed by atoms with Gasteiger partial charge in [-0.1, -0.05) is 0 Å². The Balaban J connectivity index is 1.63. The summed E-state index contributed by atoms with van der Waals surface area (Å²) < 4.78 is 0. The van der Waals surface area contributed by atoms with Crippen LogP contribution >= 0.6 is 35.0 Å². The van der Waals surface area contributed by atoms with Crippen LogP contribution in [0.2, 0.25) is 0 Å². The second kappa shape index (κ2) is 6.76. The average molecular weight is 356 g/mol. The van der Waals surface area contributed by atoms with E-state index >= 15 is 0 Å². The lowest BCUT2D eigenvalue weighted by atomic mass is 9.87. The van der Waals surface area contributed by atoms with E-state index in [0.29, 0.717) is 11.7 Å². The highest BCUT2D eigenvalue weighted by molar-refractivity contribution is 8.00. The molecule has 3 rings (SSSR count). The first-order valence-electron chi connectivity index (χ1n) is 7.30. The molecule has 2 aliphatic carbocycles. The minimum Gasteiger partial charge on any atom is -0.264 e. The fourth-order valence-electron chi connectivity index (χ4n) is 3.44. The molecule has 0 amide bonds. The molecule has 1 heterocycles. The van der Waals surface area contributed by atoms with Crippen molar-refractivity contribution in [2.24, 2.45) is 0 Å². The van der Waals surface area contributed by atoms with Gasteiger partial charge in [0.1, 0.15) is 6.04 Å². The molecule has 0 aromatic carbocycles. The van der Waals surface area contributed by atoms with Crippen molar-refractivity contribution in [3.63, 3.8) is 0 Å². The Bertz CT molecular complexity index is 406. The van der Waals surface area contributed by atoms with Crippen molar-refractivity contribution in [3.05, 3.63) is 10.1 Å². The molecule has 0 radical (unpaired) electrons. The molecule has 120 valence electrons. The third-order valence-corrected chi connectivity index (χ3v) is 7.43. The van der Waals surface area contributed by atoms with Gasteiger partial charge in [-0.3, -0.25) is 10.1 Å². The molecule has 2 N–H and O–H groups in total. The molecule has 2 saturated carbocycles. The third kappa shape index (κ3) is 3.43. The monoisotopic (exact) mass is 355 g/mol. The second-order valence-electron chi connectivity index (χ2n) is 5.96. The summed E-state index contributed by atoms with van der Waals surface area (Å²) in [6.07, 6.45) is 4.21. The number of nitrogens with zero attached hydrogens (tertiary/aromatic N) is 1. The van der Waals surface area contributed by atoms with Crippen LogP contribution in [0.1, 0.15) is 32.1 Å².